The van der Waals surface area contributed by atoms with Gasteiger partial charge in [-0.3, -0.25) is 4.79 Å². The van der Waals surface area contributed by atoms with Crippen LogP contribution in [-0.4, -0.2) is 29.9 Å². The first-order chi connectivity index (χ1) is 11.6. The van der Waals surface area contributed by atoms with Crippen molar-refractivity contribution in [2.75, 3.05) is 18.4 Å². The highest BCUT2D eigenvalue weighted by Gasteiger charge is 2.26. The minimum absolute atomic E-state index is 0.0606. The van der Waals surface area contributed by atoms with Gasteiger partial charge in [-0.1, -0.05) is 30.3 Å². The van der Waals surface area contributed by atoms with Crippen LogP contribution in [-0.2, 0) is 6.42 Å². The number of anilines is 1. The van der Waals surface area contributed by atoms with E-state index in [4.69, 9.17) is 5.73 Å². The Labute approximate surface area is 141 Å². The van der Waals surface area contributed by atoms with Gasteiger partial charge in [0.05, 0.1) is 0 Å². The molecule has 1 saturated heterocycles. The summed E-state index contributed by atoms with van der Waals surface area (Å²) in [5, 5.41) is 2.92. The molecule has 1 unspecified atom stereocenters. The van der Waals surface area contributed by atoms with Crippen LogP contribution in [0.2, 0.25) is 0 Å². The predicted molar refractivity (Wildman–Crippen MR) is 93.8 cm³/mol. The quantitative estimate of drug-likeness (QED) is 0.908. The van der Waals surface area contributed by atoms with Crippen molar-refractivity contribution in [1.82, 2.24) is 4.90 Å². The topological polar surface area (TPSA) is 75.4 Å². The molecular weight excluding hydrogens is 302 g/mol. The Bertz CT molecular complexity index is 730. The van der Waals surface area contributed by atoms with E-state index in [1.54, 1.807) is 6.07 Å². The van der Waals surface area contributed by atoms with Crippen LogP contribution in [0, 0.1) is 5.92 Å². The van der Waals surface area contributed by atoms with Crippen LogP contribution >= 0.6 is 0 Å². The van der Waals surface area contributed by atoms with Crippen LogP contribution in [0.4, 0.5) is 10.5 Å². The summed E-state index contributed by atoms with van der Waals surface area (Å²) in [4.78, 5) is 25.4. The molecule has 0 saturated carbocycles. The number of rotatable bonds is 4. The number of amides is 3. The Balaban J connectivity index is 1.56. The van der Waals surface area contributed by atoms with E-state index in [1.807, 2.05) is 53.4 Å². The minimum Gasteiger partial charge on any atom is -0.366 e. The Kier molecular flexibility index (Phi) is 4.79. The molecule has 24 heavy (non-hydrogen) atoms. The van der Waals surface area contributed by atoms with Crippen molar-refractivity contribution in [1.29, 1.82) is 0 Å². The number of nitrogens with zero attached hydrogens (tertiary/aromatic N) is 1. The average molecular weight is 323 g/mol. The number of carbonyl (C=O) groups is 2. The zero-order valence-corrected chi connectivity index (χ0v) is 13.4. The molecule has 0 aromatic heterocycles. The van der Waals surface area contributed by atoms with Gasteiger partial charge in [0.25, 0.3) is 0 Å². The van der Waals surface area contributed by atoms with Crippen molar-refractivity contribution in [3.8, 4) is 0 Å². The summed E-state index contributed by atoms with van der Waals surface area (Å²) in [6.07, 6.45) is 1.80. The SMILES string of the molecule is NC(=O)c1cccc(CC2CCN(C(=O)Nc3ccccc3)C2)c1. The van der Waals surface area contributed by atoms with Crippen molar-refractivity contribution in [3.05, 3.63) is 65.7 Å². The molecule has 0 spiro atoms. The highest BCUT2D eigenvalue weighted by molar-refractivity contribution is 5.92. The van der Waals surface area contributed by atoms with E-state index in [1.165, 1.54) is 0 Å². The minimum atomic E-state index is -0.410. The number of para-hydroxylation sites is 1. The molecule has 1 atom stereocenters. The lowest BCUT2D eigenvalue weighted by molar-refractivity contribution is 0.1000. The van der Waals surface area contributed by atoms with E-state index in [-0.39, 0.29) is 6.03 Å². The van der Waals surface area contributed by atoms with Gasteiger partial charge in [-0.25, -0.2) is 4.79 Å². The molecule has 3 amide bonds. The predicted octanol–water partition coefficient (Wildman–Crippen LogP) is 2.88. The second-order valence-corrected chi connectivity index (χ2v) is 6.17. The first-order valence-corrected chi connectivity index (χ1v) is 8.11. The number of carbonyl (C=O) groups excluding carboxylic acids is 2. The lowest BCUT2D eigenvalue weighted by Crippen LogP contribution is -2.33. The van der Waals surface area contributed by atoms with Crippen molar-refractivity contribution >= 4 is 17.6 Å². The monoisotopic (exact) mass is 323 g/mol. The Morgan fingerprint density at radius 3 is 2.67 bits per heavy atom. The molecule has 2 aromatic carbocycles. The second kappa shape index (κ2) is 7.17. The fourth-order valence-corrected chi connectivity index (χ4v) is 3.09. The molecule has 5 heteroatoms. The van der Waals surface area contributed by atoms with E-state index in [2.05, 4.69) is 5.32 Å². The van der Waals surface area contributed by atoms with Gasteiger partial charge < -0.3 is 16.0 Å². The van der Waals surface area contributed by atoms with Gasteiger partial charge in [0.2, 0.25) is 5.91 Å². The lowest BCUT2D eigenvalue weighted by Gasteiger charge is -2.17. The van der Waals surface area contributed by atoms with Gasteiger partial charge in [0, 0.05) is 24.3 Å². The van der Waals surface area contributed by atoms with Gasteiger partial charge in [-0.15, -0.1) is 0 Å². The Hall–Kier alpha value is -2.82. The fraction of sp³-hybridized carbons (Fsp3) is 0.263. The Morgan fingerprint density at radius 1 is 1.12 bits per heavy atom. The maximum absolute atomic E-state index is 12.3. The zero-order chi connectivity index (χ0) is 16.9. The summed E-state index contributed by atoms with van der Waals surface area (Å²) in [6.45, 7) is 1.47. The number of urea groups is 1. The third-order valence-corrected chi connectivity index (χ3v) is 4.33. The maximum atomic E-state index is 12.3. The van der Waals surface area contributed by atoms with Gasteiger partial charge in [0.1, 0.15) is 0 Å². The average Bonchev–Trinajstić information content (AvgIpc) is 3.04. The first kappa shape index (κ1) is 16.1. The molecule has 3 rings (SSSR count). The number of benzene rings is 2. The molecule has 1 aliphatic rings. The summed E-state index contributed by atoms with van der Waals surface area (Å²) in [6, 6.07) is 16.8. The molecule has 0 aliphatic carbocycles. The smallest absolute Gasteiger partial charge is 0.321 e. The van der Waals surface area contributed by atoms with Crippen molar-refractivity contribution in [2.24, 2.45) is 11.7 Å². The summed E-state index contributed by atoms with van der Waals surface area (Å²) < 4.78 is 0. The summed E-state index contributed by atoms with van der Waals surface area (Å²) in [7, 11) is 0. The van der Waals surface area contributed by atoms with Gasteiger partial charge in [-0.2, -0.15) is 0 Å². The highest BCUT2D eigenvalue weighted by atomic mass is 16.2. The van der Waals surface area contributed by atoms with E-state index in [0.29, 0.717) is 11.5 Å². The van der Waals surface area contributed by atoms with Gasteiger partial charge in [0.15, 0.2) is 0 Å². The number of likely N-dealkylation sites (tertiary alicyclic amines) is 1. The molecule has 3 N–H and O–H groups in total. The van der Waals surface area contributed by atoms with Crippen LogP contribution < -0.4 is 11.1 Å². The fourth-order valence-electron chi connectivity index (χ4n) is 3.09. The van der Waals surface area contributed by atoms with Gasteiger partial charge >= 0.3 is 6.03 Å². The van der Waals surface area contributed by atoms with Crippen LogP contribution in [0.5, 0.6) is 0 Å². The van der Waals surface area contributed by atoms with E-state index >= 15 is 0 Å². The Morgan fingerprint density at radius 2 is 1.92 bits per heavy atom. The number of hydrogen-bond donors (Lipinski definition) is 2. The molecule has 5 nitrogen and oxygen atoms in total. The van der Waals surface area contributed by atoms with Crippen molar-refractivity contribution in [2.45, 2.75) is 12.8 Å². The molecule has 1 aliphatic heterocycles. The highest BCUT2D eigenvalue weighted by Crippen LogP contribution is 2.22. The number of hydrogen-bond acceptors (Lipinski definition) is 2. The third-order valence-electron chi connectivity index (χ3n) is 4.33. The van der Waals surface area contributed by atoms with Crippen LogP contribution in [0.3, 0.4) is 0 Å². The van der Waals surface area contributed by atoms with Crippen LogP contribution in [0.15, 0.2) is 54.6 Å². The molecule has 2 aromatic rings. The molecule has 0 radical (unpaired) electrons. The second-order valence-electron chi connectivity index (χ2n) is 6.17. The number of nitrogens with two attached hydrogens (primary N) is 1. The van der Waals surface area contributed by atoms with E-state index in [9.17, 15) is 9.59 Å². The number of primary amides is 1. The zero-order valence-electron chi connectivity index (χ0n) is 13.4. The normalized spacial score (nSPS) is 16.8. The molecule has 124 valence electrons. The summed E-state index contributed by atoms with van der Waals surface area (Å²) >= 11 is 0. The molecule has 0 bridgehead atoms. The third kappa shape index (κ3) is 3.93. The summed E-state index contributed by atoms with van der Waals surface area (Å²) in [5.41, 5.74) is 7.75. The van der Waals surface area contributed by atoms with Gasteiger partial charge in [-0.05, 0) is 48.6 Å². The maximum Gasteiger partial charge on any atom is 0.321 e. The van der Waals surface area contributed by atoms with Crippen LogP contribution in [0.1, 0.15) is 22.3 Å². The molecular formula is C19H21N3O2. The largest absolute Gasteiger partial charge is 0.366 e. The van der Waals surface area contributed by atoms with Crippen molar-refractivity contribution in [3.63, 3.8) is 0 Å². The first-order valence-electron chi connectivity index (χ1n) is 8.11. The standard InChI is InChI=1S/C19H21N3O2/c20-18(23)16-6-4-5-14(12-16)11-15-9-10-22(13-15)19(24)21-17-7-2-1-3-8-17/h1-8,12,15H,9-11,13H2,(H2,20,23)(H,21,24). The lowest BCUT2D eigenvalue weighted by atomic mass is 9.97. The molecule has 1 heterocycles. The van der Waals surface area contributed by atoms with E-state index in [0.717, 1.165) is 37.2 Å². The van der Waals surface area contributed by atoms with Crippen LogP contribution in [0.25, 0.3) is 0 Å². The molecule has 1 fully saturated rings. The van der Waals surface area contributed by atoms with Crippen molar-refractivity contribution < 1.29 is 9.59 Å². The number of nitrogens with one attached hydrogen (secondary N) is 1. The summed E-state index contributed by atoms with van der Waals surface area (Å²) in [5.74, 6) is -0.0122. The van der Waals surface area contributed by atoms with E-state index < -0.39 is 5.91 Å².